The first kappa shape index (κ1) is 20.2. The van der Waals surface area contributed by atoms with E-state index in [1.54, 1.807) is 17.0 Å². The van der Waals surface area contributed by atoms with E-state index in [0.29, 0.717) is 38.0 Å². The number of benzene rings is 1. The summed E-state index contributed by atoms with van der Waals surface area (Å²) in [5.74, 6) is 0.110. The Kier molecular flexibility index (Phi) is 6.98. The van der Waals surface area contributed by atoms with Gasteiger partial charge in [-0.15, -0.1) is 0 Å². The molecule has 2 N–H and O–H groups in total. The Balaban J connectivity index is 2.06. The summed E-state index contributed by atoms with van der Waals surface area (Å²) in [6.07, 6.45) is 2.49. The molecule has 0 saturated carbocycles. The predicted molar refractivity (Wildman–Crippen MR) is 97.7 cm³/mol. The molecule has 0 aliphatic carbocycles. The Morgan fingerprint density at radius 2 is 2.00 bits per heavy atom. The van der Waals surface area contributed by atoms with E-state index in [0.717, 1.165) is 6.42 Å². The van der Waals surface area contributed by atoms with Crippen LogP contribution in [0.25, 0.3) is 0 Å². The first-order valence-electron chi connectivity index (χ1n) is 8.57. The van der Waals surface area contributed by atoms with Crippen LogP contribution in [0.15, 0.2) is 23.1 Å². The number of hydrogen-bond acceptors (Lipinski definition) is 5. The maximum atomic E-state index is 12.6. The number of sulfonamides is 1. The number of methoxy groups -OCH3 is 1. The monoisotopic (exact) mass is 383 g/mol. The first-order chi connectivity index (χ1) is 12.3. The highest BCUT2D eigenvalue weighted by Gasteiger charge is 2.25. The zero-order valence-electron chi connectivity index (χ0n) is 15.1. The van der Waals surface area contributed by atoms with Crippen LogP contribution in [-0.2, 0) is 19.6 Å². The second kappa shape index (κ2) is 9.00. The van der Waals surface area contributed by atoms with Crippen molar-refractivity contribution in [3.63, 3.8) is 0 Å². The number of nitrogens with one attached hydrogen (secondary N) is 2. The predicted octanol–water partition coefficient (Wildman–Crippen LogP) is 1.02. The molecule has 26 heavy (non-hydrogen) atoms. The molecular weight excluding hydrogens is 358 g/mol. The molecule has 1 aliphatic heterocycles. The highest BCUT2D eigenvalue weighted by molar-refractivity contribution is 7.89. The largest absolute Gasteiger partial charge is 0.495 e. The fourth-order valence-electron chi connectivity index (χ4n) is 2.76. The van der Waals surface area contributed by atoms with Crippen molar-refractivity contribution >= 4 is 27.5 Å². The number of unbranched alkanes of at least 4 members (excludes halogenated alkanes) is 1. The Bertz CT molecular complexity index is 764. The van der Waals surface area contributed by atoms with Gasteiger partial charge in [-0.05, 0) is 37.5 Å². The molecular formula is C17H25N3O5S. The Morgan fingerprint density at radius 1 is 1.27 bits per heavy atom. The van der Waals surface area contributed by atoms with E-state index in [4.69, 9.17) is 4.74 Å². The smallest absolute Gasteiger partial charge is 0.244 e. The maximum absolute atomic E-state index is 12.6. The van der Waals surface area contributed by atoms with E-state index >= 15 is 0 Å². The Labute approximate surface area is 153 Å². The number of amides is 2. The third-order valence-corrected chi connectivity index (χ3v) is 5.57. The first-order valence-corrected chi connectivity index (χ1v) is 10.1. The topological polar surface area (TPSA) is 105 Å². The van der Waals surface area contributed by atoms with E-state index in [-0.39, 0.29) is 29.0 Å². The molecule has 1 saturated heterocycles. The van der Waals surface area contributed by atoms with E-state index < -0.39 is 10.0 Å². The maximum Gasteiger partial charge on any atom is 0.244 e. The van der Waals surface area contributed by atoms with Crippen molar-refractivity contribution in [2.45, 2.75) is 37.5 Å². The number of rotatable bonds is 9. The zero-order valence-corrected chi connectivity index (χ0v) is 15.9. The van der Waals surface area contributed by atoms with Crippen LogP contribution in [0, 0.1) is 0 Å². The number of carbonyl (C=O) groups excluding carboxylic acids is 2. The summed E-state index contributed by atoms with van der Waals surface area (Å²) in [6, 6.07) is 4.72. The lowest BCUT2D eigenvalue weighted by Gasteiger charge is -2.18. The molecule has 0 bridgehead atoms. The van der Waals surface area contributed by atoms with Crippen LogP contribution < -0.4 is 19.7 Å². The average molecular weight is 383 g/mol. The summed E-state index contributed by atoms with van der Waals surface area (Å²) >= 11 is 0. The normalized spacial score (nSPS) is 14.5. The Morgan fingerprint density at radius 3 is 2.62 bits per heavy atom. The van der Waals surface area contributed by atoms with Gasteiger partial charge in [0.15, 0.2) is 0 Å². The van der Waals surface area contributed by atoms with Crippen LogP contribution in [0.1, 0.15) is 32.6 Å². The third-order valence-electron chi connectivity index (χ3n) is 4.09. The zero-order chi connectivity index (χ0) is 19.2. The van der Waals surface area contributed by atoms with Gasteiger partial charge in [0.05, 0.1) is 7.11 Å². The van der Waals surface area contributed by atoms with Gasteiger partial charge in [-0.1, -0.05) is 0 Å². The molecule has 1 aromatic rings. The molecule has 0 atom stereocenters. The lowest BCUT2D eigenvalue weighted by Crippen LogP contribution is -2.28. The van der Waals surface area contributed by atoms with Crippen LogP contribution in [0.3, 0.4) is 0 Å². The fourth-order valence-corrected chi connectivity index (χ4v) is 4.02. The fraction of sp³-hybridized carbons (Fsp3) is 0.529. The highest BCUT2D eigenvalue weighted by Crippen LogP contribution is 2.30. The van der Waals surface area contributed by atoms with Gasteiger partial charge in [-0.25, -0.2) is 13.1 Å². The molecule has 2 rings (SSSR count). The Hall–Kier alpha value is -2.13. The molecule has 0 unspecified atom stereocenters. The third kappa shape index (κ3) is 5.18. The molecule has 0 spiro atoms. The van der Waals surface area contributed by atoms with Crippen LogP contribution in [-0.4, -0.2) is 47.0 Å². The molecule has 9 heteroatoms. The molecule has 0 aromatic heterocycles. The standard InChI is InChI=1S/C17H25N3O5S/c1-13(21)18-9-3-4-10-19-26(23,24)16-12-14(7-8-15(16)25-2)20-11-5-6-17(20)22/h7-8,12,19H,3-6,9-11H2,1-2H3,(H,18,21). The summed E-state index contributed by atoms with van der Waals surface area (Å²) < 4.78 is 33.0. The van der Waals surface area contributed by atoms with Crippen LogP contribution >= 0.6 is 0 Å². The molecule has 144 valence electrons. The second-order valence-corrected chi connectivity index (χ2v) is 7.81. The van der Waals surface area contributed by atoms with Gasteiger partial charge in [0.25, 0.3) is 0 Å². The van der Waals surface area contributed by atoms with Crippen molar-refractivity contribution in [2.75, 3.05) is 31.6 Å². The quantitative estimate of drug-likeness (QED) is 0.620. The number of anilines is 1. The van der Waals surface area contributed by atoms with E-state index in [9.17, 15) is 18.0 Å². The molecule has 2 amide bonds. The summed E-state index contributed by atoms with van der Waals surface area (Å²) in [6.45, 7) is 2.78. The van der Waals surface area contributed by atoms with E-state index in [1.807, 2.05) is 0 Å². The minimum absolute atomic E-state index is 0.00977. The average Bonchev–Trinajstić information content (AvgIpc) is 3.03. The van der Waals surface area contributed by atoms with Gasteiger partial charge in [-0.3, -0.25) is 9.59 Å². The van der Waals surface area contributed by atoms with Crippen molar-refractivity contribution in [1.82, 2.24) is 10.0 Å². The number of ether oxygens (including phenoxy) is 1. The minimum Gasteiger partial charge on any atom is -0.495 e. The van der Waals surface area contributed by atoms with Crippen LogP contribution in [0.4, 0.5) is 5.69 Å². The van der Waals surface area contributed by atoms with Crippen molar-refractivity contribution in [3.05, 3.63) is 18.2 Å². The van der Waals surface area contributed by atoms with Crippen molar-refractivity contribution < 1.29 is 22.7 Å². The SMILES string of the molecule is COc1ccc(N2CCCC2=O)cc1S(=O)(=O)NCCCCNC(C)=O. The van der Waals surface area contributed by atoms with Crippen molar-refractivity contribution in [3.8, 4) is 5.75 Å². The van der Waals surface area contributed by atoms with Crippen LogP contribution in [0.5, 0.6) is 5.75 Å². The van der Waals surface area contributed by atoms with Gasteiger partial charge in [0.1, 0.15) is 10.6 Å². The molecule has 1 fully saturated rings. The number of hydrogen-bond donors (Lipinski definition) is 2. The van der Waals surface area contributed by atoms with Gasteiger partial charge >= 0.3 is 0 Å². The summed E-state index contributed by atoms with van der Waals surface area (Å²) in [7, 11) is -2.37. The van der Waals surface area contributed by atoms with Gasteiger partial charge in [-0.2, -0.15) is 0 Å². The highest BCUT2D eigenvalue weighted by atomic mass is 32.2. The molecule has 8 nitrogen and oxygen atoms in total. The van der Waals surface area contributed by atoms with Gasteiger partial charge < -0.3 is 15.0 Å². The molecule has 0 radical (unpaired) electrons. The van der Waals surface area contributed by atoms with E-state index in [2.05, 4.69) is 10.0 Å². The summed E-state index contributed by atoms with van der Waals surface area (Å²) in [5.41, 5.74) is 0.555. The lowest BCUT2D eigenvalue weighted by atomic mass is 10.3. The molecule has 1 aliphatic rings. The number of carbonyl (C=O) groups is 2. The van der Waals surface area contributed by atoms with E-state index in [1.165, 1.54) is 20.1 Å². The van der Waals surface area contributed by atoms with Crippen LogP contribution in [0.2, 0.25) is 0 Å². The number of nitrogens with zero attached hydrogens (tertiary/aromatic N) is 1. The van der Waals surface area contributed by atoms with Gasteiger partial charge in [0.2, 0.25) is 21.8 Å². The molecule has 1 aromatic carbocycles. The lowest BCUT2D eigenvalue weighted by molar-refractivity contribution is -0.119. The van der Waals surface area contributed by atoms with Gasteiger partial charge in [0, 0.05) is 38.7 Å². The van der Waals surface area contributed by atoms with Crippen molar-refractivity contribution in [2.24, 2.45) is 0 Å². The summed E-state index contributed by atoms with van der Waals surface area (Å²) in [5, 5.41) is 2.66. The molecule has 1 heterocycles. The summed E-state index contributed by atoms with van der Waals surface area (Å²) in [4.78, 5) is 24.3. The second-order valence-electron chi connectivity index (χ2n) is 6.07. The minimum atomic E-state index is -3.78. The van der Waals surface area contributed by atoms with Crippen molar-refractivity contribution in [1.29, 1.82) is 0 Å².